The molecule has 3 N–H and O–H groups in total. The van der Waals surface area contributed by atoms with Crippen LogP contribution in [0.1, 0.15) is 0 Å². The van der Waals surface area contributed by atoms with Crippen LogP contribution in [0.2, 0.25) is 5.02 Å². The van der Waals surface area contributed by atoms with Crippen LogP contribution in [0, 0.1) is 9.39 Å². The molecule has 0 aromatic heterocycles. The number of nitrogen functional groups attached to an aromatic ring is 1. The van der Waals surface area contributed by atoms with Crippen molar-refractivity contribution in [1.82, 2.24) is 0 Å². The Hall–Kier alpha value is -1.06. The molecule has 2 rings (SSSR count). The molecule has 0 aliphatic rings. The zero-order valence-electron chi connectivity index (χ0n) is 9.90. The minimum Gasteiger partial charge on any atom is -0.399 e. The van der Waals surface area contributed by atoms with Crippen LogP contribution >= 0.6 is 34.2 Å². The second kappa shape index (κ2) is 5.74. The van der Waals surface area contributed by atoms with E-state index in [0.717, 1.165) is 15.7 Å². The molecule has 0 saturated carbocycles. The third kappa shape index (κ3) is 3.33. The molecule has 0 aliphatic heterocycles. The summed E-state index contributed by atoms with van der Waals surface area (Å²) in [6, 6.07) is 8.12. The van der Waals surface area contributed by atoms with Crippen molar-refractivity contribution in [2.75, 3.05) is 10.5 Å². The normalized spacial score (nSPS) is 11.3. The molecular weight excluding hydrogens is 418 g/mol. The minimum atomic E-state index is -4.09. The van der Waals surface area contributed by atoms with Crippen molar-refractivity contribution >= 4 is 55.6 Å². The van der Waals surface area contributed by atoms with Gasteiger partial charge in [-0.2, -0.15) is 0 Å². The van der Waals surface area contributed by atoms with Crippen molar-refractivity contribution in [1.29, 1.82) is 0 Å². The molecule has 2 aromatic carbocycles. The molecule has 20 heavy (non-hydrogen) atoms. The monoisotopic (exact) mass is 426 g/mol. The molecule has 0 fully saturated rings. The Bertz CT molecular complexity index is 768. The van der Waals surface area contributed by atoms with Gasteiger partial charge in [-0.15, -0.1) is 0 Å². The smallest absolute Gasteiger partial charge is 0.264 e. The van der Waals surface area contributed by atoms with Gasteiger partial charge in [-0.25, -0.2) is 12.8 Å². The fraction of sp³-hybridized carbons (Fsp3) is 0. The highest BCUT2D eigenvalue weighted by Gasteiger charge is 2.20. The van der Waals surface area contributed by atoms with E-state index in [1.54, 1.807) is 12.1 Å². The summed E-state index contributed by atoms with van der Waals surface area (Å²) in [5.74, 6) is -0.881. The molecule has 0 radical (unpaired) electrons. The standard InChI is InChI=1S/C12H9ClFIN2O2S/c13-9-5-7(15)1-4-11(9)17-20(18,19)12-6-8(16)2-3-10(12)14/h1-6,17H,16H2. The molecule has 0 unspecified atom stereocenters. The molecule has 106 valence electrons. The van der Waals surface area contributed by atoms with E-state index in [0.29, 0.717) is 0 Å². The lowest BCUT2D eigenvalue weighted by Gasteiger charge is -2.11. The summed E-state index contributed by atoms with van der Waals surface area (Å²) >= 11 is 7.99. The maximum atomic E-state index is 13.6. The summed E-state index contributed by atoms with van der Waals surface area (Å²) in [5.41, 5.74) is 5.81. The third-order valence-corrected chi connectivity index (χ3v) is 4.78. The van der Waals surface area contributed by atoms with Crippen LogP contribution in [-0.4, -0.2) is 8.42 Å². The van der Waals surface area contributed by atoms with Crippen molar-refractivity contribution in [3.8, 4) is 0 Å². The van der Waals surface area contributed by atoms with E-state index >= 15 is 0 Å². The molecule has 2 aromatic rings. The van der Waals surface area contributed by atoms with Crippen LogP contribution < -0.4 is 10.5 Å². The van der Waals surface area contributed by atoms with Crippen LogP contribution in [-0.2, 0) is 10.0 Å². The maximum absolute atomic E-state index is 13.6. The average Bonchev–Trinajstić information content (AvgIpc) is 2.35. The summed E-state index contributed by atoms with van der Waals surface area (Å²) in [7, 11) is -4.09. The number of hydrogen-bond acceptors (Lipinski definition) is 3. The van der Waals surface area contributed by atoms with E-state index in [4.69, 9.17) is 17.3 Å². The van der Waals surface area contributed by atoms with Gasteiger partial charge < -0.3 is 5.73 Å². The Morgan fingerprint density at radius 1 is 1.20 bits per heavy atom. The van der Waals surface area contributed by atoms with Gasteiger partial charge in [-0.3, -0.25) is 4.72 Å². The van der Waals surface area contributed by atoms with Crippen LogP contribution in [0.25, 0.3) is 0 Å². The topological polar surface area (TPSA) is 72.2 Å². The SMILES string of the molecule is Nc1ccc(F)c(S(=O)(=O)Nc2ccc(I)cc2Cl)c1. The number of hydrogen-bond donors (Lipinski definition) is 2. The van der Waals surface area contributed by atoms with Gasteiger partial charge in [0, 0.05) is 9.26 Å². The molecule has 0 saturated heterocycles. The highest BCUT2D eigenvalue weighted by molar-refractivity contribution is 14.1. The zero-order valence-corrected chi connectivity index (χ0v) is 13.6. The van der Waals surface area contributed by atoms with Crippen molar-refractivity contribution in [2.24, 2.45) is 0 Å². The third-order valence-electron chi connectivity index (χ3n) is 2.42. The van der Waals surface area contributed by atoms with Gasteiger partial charge in [0.15, 0.2) is 0 Å². The Morgan fingerprint density at radius 2 is 1.90 bits per heavy atom. The average molecular weight is 427 g/mol. The van der Waals surface area contributed by atoms with Crippen LogP contribution in [0.5, 0.6) is 0 Å². The Labute approximate surface area is 134 Å². The van der Waals surface area contributed by atoms with E-state index < -0.39 is 20.7 Å². The largest absolute Gasteiger partial charge is 0.399 e. The number of sulfonamides is 1. The predicted octanol–water partition coefficient (Wildman–Crippen LogP) is 3.47. The first-order chi connectivity index (χ1) is 9.29. The number of nitrogens with two attached hydrogens (primary N) is 1. The fourth-order valence-corrected chi connectivity index (χ4v) is 3.65. The number of nitrogens with one attached hydrogen (secondary N) is 1. The number of halogens is 3. The molecule has 0 heterocycles. The highest BCUT2D eigenvalue weighted by Crippen LogP contribution is 2.27. The van der Waals surface area contributed by atoms with E-state index in [1.807, 2.05) is 22.6 Å². The molecular formula is C12H9ClFIN2O2S. The summed E-state index contributed by atoms with van der Waals surface area (Å²) in [6.07, 6.45) is 0. The molecule has 0 atom stereocenters. The lowest BCUT2D eigenvalue weighted by atomic mass is 10.3. The lowest BCUT2D eigenvalue weighted by Crippen LogP contribution is -2.15. The number of benzene rings is 2. The zero-order chi connectivity index (χ0) is 14.9. The summed E-state index contributed by atoms with van der Waals surface area (Å²) in [5, 5.41) is 0.227. The molecule has 8 heteroatoms. The molecule has 0 bridgehead atoms. The van der Waals surface area contributed by atoms with Gasteiger partial charge in [0.05, 0.1) is 10.7 Å². The van der Waals surface area contributed by atoms with Crippen LogP contribution in [0.3, 0.4) is 0 Å². The van der Waals surface area contributed by atoms with E-state index in [1.165, 1.54) is 12.1 Å². The second-order valence-corrected chi connectivity index (χ2v) is 7.22. The van der Waals surface area contributed by atoms with Crippen molar-refractivity contribution < 1.29 is 12.8 Å². The van der Waals surface area contributed by atoms with Gasteiger partial charge >= 0.3 is 0 Å². The van der Waals surface area contributed by atoms with Crippen LogP contribution in [0.15, 0.2) is 41.3 Å². The minimum absolute atomic E-state index is 0.153. The Kier molecular flexibility index (Phi) is 4.40. The first-order valence-electron chi connectivity index (χ1n) is 5.32. The quantitative estimate of drug-likeness (QED) is 0.583. The van der Waals surface area contributed by atoms with Gasteiger partial charge in [-0.1, -0.05) is 11.6 Å². The summed E-state index contributed by atoms with van der Waals surface area (Å²) in [4.78, 5) is -0.521. The number of anilines is 2. The fourth-order valence-electron chi connectivity index (χ4n) is 1.50. The van der Waals surface area contributed by atoms with E-state index in [-0.39, 0.29) is 16.4 Å². The Morgan fingerprint density at radius 3 is 2.55 bits per heavy atom. The molecule has 0 aliphatic carbocycles. The summed E-state index contributed by atoms with van der Waals surface area (Å²) < 4.78 is 41.0. The van der Waals surface area contributed by atoms with E-state index in [9.17, 15) is 12.8 Å². The van der Waals surface area contributed by atoms with Crippen LogP contribution in [0.4, 0.5) is 15.8 Å². The van der Waals surface area contributed by atoms with Gasteiger partial charge in [-0.05, 0) is 59.0 Å². The second-order valence-electron chi connectivity index (χ2n) is 3.92. The van der Waals surface area contributed by atoms with Gasteiger partial charge in [0.1, 0.15) is 10.7 Å². The maximum Gasteiger partial charge on any atom is 0.264 e. The highest BCUT2D eigenvalue weighted by atomic mass is 127. The lowest BCUT2D eigenvalue weighted by molar-refractivity contribution is 0.570. The van der Waals surface area contributed by atoms with Crippen molar-refractivity contribution in [3.05, 3.63) is 50.8 Å². The van der Waals surface area contributed by atoms with E-state index in [2.05, 4.69) is 4.72 Å². The van der Waals surface area contributed by atoms with Crippen molar-refractivity contribution in [3.63, 3.8) is 0 Å². The molecule has 4 nitrogen and oxygen atoms in total. The van der Waals surface area contributed by atoms with Gasteiger partial charge in [0.25, 0.3) is 10.0 Å². The first kappa shape index (κ1) is 15.3. The first-order valence-corrected chi connectivity index (χ1v) is 8.26. The van der Waals surface area contributed by atoms with Crippen molar-refractivity contribution in [2.45, 2.75) is 4.90 Å². The summed E-state index contributed by atoms with van der Waals surface area (Å²) in [6.45, 7) is 0. The number of rotatable bonds is 3. The molecule has 0 amide bonds. The Balaban J connectivity index is 2.43. The molecule has 0 spiro atoms. The van der Waals surface area contributed by atoms with Gasteiger partial charge in [0.2, 0.25) is 0 Å². The predicted molar refractivity (Wildman–Crippen MR) is 85.8 cm³/mol.